The van der Waals surface area contributed by atoms with Crippen LogP contribution >= 0.6 is 0 Å². The van der Waals surface area contributed by atoms with Crippen LogP contribution in [0.2, 0.25) is 0 Å². The Morgan fingerprint density at radius 1 is 1.44 bits per heavy atom. The van der Waals surface area contributed by atoms with Crippen LogP contribution in [0, 0.1) is 12.3 Å². The summed E-state index contributed by atoms with van der Waals surface area (Å²) in [4.78, 5) is 11.1. The van der Waals surface area contributed by atoms with E-state index in [9.17, 15) is 18.0 Å². The molecule has 0 fully saturated rings. The first-order valence-corrected chi connectivity index (χ1v) is 4.56. The van der Waals surface area contributed by atoms with E-state index < -0.39 is 30.3 Å². The Morgan fingerprint density at radius 3 is 2.25 bits per heavy atom. The molecule has 1 amide bonds. The third kappa shape index (κ3) is 7.97. The van der Waals surface area contributed by atoms with E-state index in [0.29, 0.717) is 0 Å². The summed E-state index contributed by atoms with van der Waals surface area (Å²) in [6.45, 7) is 4.80. The topological polar surface area (TPSA) is 38.3 Å². The third-order valence-corrected chi connectivity index (χ3v) is 1.33. The number of ether oxygens (including phenoxy) is 1. The fraction of sp³-hybridized carbons (Fsp3) is 0.700. The van der Waals surface area contributed by atoms with Crippen molar-refractivity contribution in [3.8, 4) is 12.3 Å². The van der Waals surface area contributed by atoms with Gasteiger partial charge in [0.2, 0.25) is 0 Å². The highest BCUT2D eigenvalue weighted by Gasteiger charge is 2.32. The summed E-state index contributed by atoms with van der Waals surface area (Å²) in [6.07, 6.45) is -1.79. The second-order valence-electron chi connectivity index (χ2n) is 4.18. The van der Waals surface area contributed by atoms with Crippen molar-refractivity contribution in [2.75, 3.05) is 0 Å². The lowest BCUT2D eigenvalue weighted by molar-refractivity contribution is -0.136. The summed E-state index contributed by atoms with van der Waals surface area (Å²) in [5.74, 6) is 1.84. The summed E-state index contributed by atoms with van der Waals surface area (Å²) < 4.78 is 40.8. The average molecular weight is 237 g/mol. The smallest absolute Gasteiger partial charge is 0.408 e. The molecule has 16 heavy (non-hydrogen) atoms. The van der Waals surface area contributed by atoms with Gasteiger partial charge in [-0.2, -0.15) is 13.2 Å². The van der Waals surface area contributed by atoms with Crippen LogP contribution < -0.4 is 5.32 Å². The van der Waals surface area contributed by atoms with Gasteiger partial charge in [0.25, 0.3) is 0 Å². The van der Waals surface area contributed by atoms with Gasteiger partial charge < -0.3 is 10.1 Å². The molecule has 92 valence electrons. The first-order chi connectivity index (χ1) is 7.03. The number of rotatable bonds is 2. The van der Waals surface area contributed by atoms with Crippen molar-refractivity contribution in [3.05, 3.63) is 0 Å². The van der Waals surface area contributed by atoms with E-state index in [2.05, 4.69) is 0 Å². The van der Waals surface area contributed by atoms with E-state index in [1.165, 1.54) is 0 Å². The third-order valence-electron chi connectivity index (χ3n) is 1.33. The maximum Gasteiger partial charge on any atom is 0.408 e. The van der Waals surface area contributed by atoms with E-state index in [1.54, 1.807) is 20.8 Å². The molecular weight excluding hydrogens is 223 g/mol. The number of alkyl carbamates (subject to hydrolysis) is 1. The Hall–Kier alpha value is -1.38. The standard InChI is InChI=1S/C10H14F3NO2/c1-5-7(6-10(11,12)13)14-8(15)16-9(2,3)4/h1,7H,6H2,2-4H3,(H,14,15)/t7-/m1/s1. The first-order valence-electron chi connectivity index (χ1n) is 4.56. The van der Waals surface area contributed by atoms with Crippen molar-refractivity contribution in [2.45, 2.75) is 45.0 Å². The number of hydrogen-bond donors (Lipinski definition) is 1. The highest BCUT2D eigenvalue weighted by molar-refractivity contribution is 5.68. The van der Waals surface area contributed by atoms with Crippen molar-refractivity contribution in [3.63, 3.8) is 0 Å². The molecule has 0 heterocycles. The van der Waals surface area contributed by atoms with Crippen molar-refractivity contribution < 1.29 is 22.7 Å². The maximum atomic E-state index is 12.0. The number of nitrogens with one attached hydrogen (secondary N) is 1. The van der Waals surface area contributed by atoms with Gasteiger partial charge in [0.1, 0.15) is 11.6 Å². The number of carbonyl (C=O) groups excluding carboxylic acids is 1. The Kier molecular flexibility index (Phi) is 4.66. The number of terminal acetylenes is 1. The summed E-state index contributed by atoms with van der Waals surface area (Å²) >= 11 is 0. The predicted octanol–water partition coefficient (Wildman–Crippen LogP) is 2.47. The molecule has 0 aromatic heterocycles. The quantitative estimate of drug-likeness (QED) is 0.749. The van der Waals surface area contributed by atoms with Crippen LogP contribution in [0.25, 0.3) is 0 Å². The lowest BCUT2D eigenvalue weighted by atomic mass is 10.2. The van der Waals surface area contributed by atoms with Gasteiger partial charge in [0.05, 0.1) is 6.42 Å². The monoisotopic (exact) mass is 237 g/mol. The van der Waals surface area contributed by atoms with Crippen molar-refractivity contribution >= 4 is 6.09 Å². The van der Waals surface area contributed by atoms with E-state index in [0.717, 1.165) is 0 Å². The molecule has 0 saturated carbocycles. The second-order valence-corrected chi connectivity index (χ2v) is 4.18. The Morgan fingerprint density at radius 2 is 1.94 bits per heavy atom. The molecule has 0 rings (SSSR count). The fourth-order valence-electron chi connectivity index (χ4n) is 0.833. The molecular formula is C10H14F3NO2. The van der Waals surface area contributed by atoms with Gasteiger partial charge >= 0.3 is 12.3 Å². The molecule has 1 atom stereocenters. The maximum absolute atomic E-state index is 12.0. The van der Waals surface area contributed by atoms with Gasteiger partial charge in [0, 0.05) is 0 Å². The molecule has 1 N–H and O–H groups in total. The number of amides is 1. The van der Waals surface area contributed by atoms with Crippen LogP contribution in [0.4, 0.5) is 18.0 Å². The molecule has 0 spiro atoms. The Balaban J connectivity index is 4.25. The fourth-order valence-corrected chi connectivity index (χ4v) is 0.833. The molecule has 0 aliphatic heterocycles. The highest BCUT2D eigenvalue weighted by Crippen LogP contribution is 2.21. The highest BCUT2D eigenvalue weighted by atomic mass is 19.4. The summed E-state index contributed by atoms with van der Waals surface area (Å²) in [5, 5.41) is 1.96. The number of hydrogen-bond acceptors (Lipinski definition) is 2. The van der Waals surface area contributed by atoms with E-state index in [1.807, 2.05) is 11.2 Å². The lowest BCUT2D eigenvalue weighted by Gasteiger charge is -2.21. The minimum Gasteiger partial charge on any atom is -0.444 e. The van der Waals surface area contributed by atoms with Crippen molar-refractivity contribution in [2.24, 2.45) is 0 Å². The predicted molar refractivity (Wildman–Crippen MR) is 52.7 cm³/mol. The van der Waals surface area contributed by atoms with E-state index in [-0.39, 0.29) is 0 Å². The summed E-state index contributed by atoms with van der Waals surface area (Å²) in [7, 11) is 0. The minimum atomic E-state index is -4.42. The average Bonchev–Trinajstić information content (AvgIpc) is 1.96. The first kappa shape index (κ1) is 14.6. The summed E-state index contributed by atoms with van der Waals surface area (Å²) in [6, 6.07) is -1.41. The molecule has 0 aliphatic carbocycles. The van der Waals surface area contributed by atoms with E-state index >= 15 is 0 Å². The van der Waals surface area contributed by atoms with Gasteiger partial charge in [-0.25, -0.2) is 4.79 Å². The zero-order valence-electron chi connectivity index (χ0n) is 9.31. The van der Waals surface area contributed by atoms with Gasteiger partial charge in [-0.3, -0.25) is 0 Å². The Labute approximate surface area is 92.3 Å². The molecule has 0 radical (unpaired) electrons. The molecule has 0 aliphatic rings. The second kappa shape index (κ2) is 5.10. The molecule has 6 heteroatoms. The van der Waals surface area contributed by atoms with Crippen LogP contribution in [0.5, 0.6) is 0 Å². The molecule has 0 bridgehead atoms. The van der Waals surface area contributed by atoms with Crippen LogP contribution in [-0.4, -0.2) is 23.9 Å². The van der Waals surface area contributed by atoms with Gasteiger partial charge in [0.15, 0.2) is 0 Å². The van der Waals surface area contributed by atoms with Gasteiger partial charge in [-0.05, 0) is 20.8 Å². The van der Waals surface area contributed by atoms with E-state index in [4.69, 9.17) is 11.2 Å². The summed E-state index contributed by atoms with van der Waals surface area (Å²) in [5.41, 5.74) is -0.776. The Bertz CT molecular complexity index is 286. The molecule has 0 aromatic rings. The SMILES string of the molecule is C#C[C@H](CC(F)(F)F)NC(=O)OC(C)(C)C. The van der Waals surface area contributed by atoms with Crippen LogP contribution in [0.1, 0.15) is 27.2 Å². The zero-order chi connectivity index (χ0) is 13.0. The molecule has 0 aromatic carbocycles. The van der Waals surface area contributed by atoms with Gasteiger partial charge in [-0.1, -0.05) is 5.92 Å². The normalized spacial score (nSPS) is 13.8. The minimum absolute atomic E-state index is 0.776. The number of halogens is 3. The van der Waals surface area contributed by atoms with Crippen molar-refractivity contribution in [1.29, 1.82) is 0 Å². The largest absolute Gasteiger partial charge is 0.444 e. The molecule has 0 unspecified atom stereocenters. The van der Waals surface area contributed by atoms with Crippen molar-refractivity contribution in [1.82, 2.24) is 5.32 Å². The van der Waals surface area contributed by atoms with Gasteiger partial charge in [-0.15, -0.1) is 6.42 Å². The zero-order valence-corrected chi connectivity index (χ0v) is 9.31. The molecule has 0 saturated heterocycles. The number of alkyl halides is 3. The van der Waals surface area contributed by atoms with Crippen LogP contribution in [0.15, 0.2) is 0 Å². The lowest BCUT2D eigenvalue weighted by Crippen LogP contribution is -2.40. The number of carbonyl (C=O) groups is 1. The van der Waals surface area contributed by atoms with Crippen LogP contribution in [-0.2, 0) is 4.74 Å². The molecule has 3 nitrogen and oxygen atoms in total. The van der Waals surface area contributed by atoms with Crippen LogP contribution in [0.3, 0.4) is 0 Å².